The maximum absolute atomic E-state index is 12.9. The summed E-state index contributed by atoms with van der Waals surface area (Å²) in [5.41, 5.74) is 8.49. The lowest BCUT2D eigenvalue weighted by Gasteiger charge is -2.07. The highest BCUT2D eigenvalue weighted by molar-refractivity contribution is 6.33. The molecule has 3 heteroatoms. The van der Waals surface area contributed by atoms with Gasteiger partial charge in [-0.2, -0.15) is 0 Å². The zero-order valence-electron chi connectivity index (χ0n) is 9.29. The van der Waals surface area contributed by atoms with E-state index in [9.17, 15) is 4.39 Å². The predicted octanol–water partition coefficient (Wildman–Crippen LogP) is 3.65. The average Bonchev–Trinajstić information content (AvgIpc) is 2.33. The Morgan fingerprint density at radius 1 is 1.06 bits per heavy atom. The van der Waals surface area contributed by atoms with E-state index in [2.05, 4.69) is 0 Å². The molecule has 0 aliphatic heterocycles. The third-order valence-corrected chi connectivity index (χ3v) is 2.95. The Labute approximate surface area is 105 Å². The molecule has 0 heterocycles. The van der Waals surface area contributed by atoms with Gasteiger partial charge in [-0.15, -0.1) is 0 Å². The monoisotopic (exact) mass is 249 g/mol. The smallest absolute Gasteiger partial charge is 0.123 e. The SMILES string of the molecule is NCCc1ccc(Cl)c(-c2ccc(F)cc2)c1. The van der Waals surface area contributed by atoms with Gasteiger partial charge in [-0.3, -0.25) is 0 Å². The van der Waals surface area contributed by atoms with Crippen molar-refractivity contribution >= 4 is 11.6 Å². The minimum absolute atomic E-state index is 0.247. The van der Waals surface area contributed by atoms with Gasteiger partial charge in [-0.05, 0) is 48.4 Å². The van der Waals surface area contributed by atoms with Crippen LogP contribution >= 0.6 is 11.6 Å². The minimum Gasteiger partial charge on any atom is -0.330 e. The van der Waals surface area contributed by atoms with Crippen LogP contribution in [0.5, 0.6) is 0 Å². The molecule has 17 heavy (non-hydrogen) atoms. The molecule has 0 aliphatic rings. The summed E-state index contributed by atoms with van der Waals surface area (Å²) in [7, 11) is 0. The molecule has 2 rings (SSSR count). The minimum atomic E-state index is -0.247. The molecule has 2 N–H and O–H groups in total. The Balaban J connectivity index is 2.42. The first kappa shape index (κ1) is 12.1. The summed E-state index contributed by atoms with van der Waals surface area (Å²) in [4.78, 5) is 0. The van der Waals surface area contributed by atoms with Crippen LogP contribution in [0.3, 0.4) is 0 Å². The zero-order valence-corrected chi connectivity index (χ0v) is 10.0. The van der Waals surface area contributed by atoms with Crippen molar-refractivity contribution in [3.05, 3.63) is 58.9 Å². The van der Waals surface area contributed by atoms with E-state index in [1.807, 2.05) is 18.2 Å². The molecule has 0 aromatic heterocycles. The van der Waals surface area contributed by atoms with Gasteiger partial charge in [0.1, 0.15) is 5.82 Å². The van der Waals surface area contributed by atoms with Gasteiger partial charge in [0.2, 0.25) is 0 Å². The van der Waals surface area contributed by atoms with Crippen LogP contribution in [0.2, 0.25) is 5.02 Å². The second kappa shape index (κ2) is 5.30. The van der Waals surface area contributed by atoms with Gasteiger partial charge in [-0.25, -0.2) is 4.39 Å². The van der Waals surface area contributed by atoms with E-state index in [-0.39, 0.29) is 5.82 Å². The van der Waals surface area contributed by atoms with Crippen LogP contribution in [-0.4, -0.2) is 6.54 Å². The maximum Gasteiger partial charge on any atom is 0.123 e. The molecule has 1 nitrogen and oxygen atoms in total. The van der Waals surface area contributed by atoms with E-state index in [4.69, 9.17) is 17.3 Å². The molecular weight excluding hydrogens is 237 g/mol. The average molecular weight is 250 g/mol. The van der Waals surface area contributed by atoms with Crippen LogP contribution in [-0.2, 0) is 6.42 Å². The second-order valence-corrected chi connectivity index (χ2v) is 4.27. The standard InChI is InChI=1S/C14H13ClFN/c15-14-6-1-10(7-8-17)9-13(14)11-2-4-12(16)5-3-11/h1-6,9H,7-8,17H2. The van der Waals surface area contributed by atoms with Crippen LogP contribution in [0.15, 0.2) is 42.5 Å². The lowest BCUT2D eigenvalue weighted by Crippen LogP contribution is -2.02. The Bertz CT molecular complexity index is 508. The fourth-order valence-corrected chi connectivity index (χ4v) is 1.97. The van der Waals surface area contributed by atoms with E-state index in [1.165, 1.54) is 12.1 Å². The van der Waals surface area contributed by atoms with E-state index in [0.29, 0.717) is 11.6 Å². The summed E-state index contributed by atoms with van der Waals surface area (Å²) in [5.74, 6) is -0.247. The number of halogens is 2. The topological polar surface area (TPSA) is 26.0 Å². The normalized spacial score (nSPS) is 10.5. The molecule has 2 aromatic rings. The van der Waals surface area contributed by atoms with Crippen molar-refractivity contribution in [1.29, 1.82) is 0 Å². The fourth-order valence-electron chi connectivity index (χ4n) is 1.75. The molecule has 2 aromatic carbocycles. The summed E-state index contributed by atoms with van der Waals surface area (Å²) in [6.45, 7) is 0.602. The number of hydrogen-bond donors (Lipinski definition) is 1. The van der Waals surface area contributed by atoms with Crippen molar-refractivity contribution < 1.29 is 4.39 Å². The predicted molar refractivity (Wildman–Crippen MR) is 69.6 cm³/mol. The first-order valence-electron chi connectivity index (χ1n) is 5.45. The maximum atomic E-state index is 12.9. The first-order valence-corrected chi connectivity index (χ1v) is 5.83. The van der Waals surface area contributed by atoms with Crippen molar-refractivity contribution in [2.45, 2.75) is 6.42 Å². The zero-order chi connectivity index (χ0) is 12.3. The lowest BCUT2D eigenvalue weighted by molar-refractivity contribution is 0.628. The van der Waals surface area contributed by atoms with Crippen molar-refractivity contribution in [2.24, 2.45) is 5.73 Å². The first-order chi connectivity index (χ1) is 8.20. The summed E-state index contributed by atoms with van der Waals surface area (Å²) >= 11 is 6.15. The van der Waals surface area contributed by atoms with Crippen molar-refractivity contribution in [3.8, 4) is 11.1 Å². The van der Waals surface area contributed by atoms with Gasteiger partial charge < -0.3 is 5.73 Å². The molecule has 0 fully saturated rings. The molecule has 0 saturated heterocycles. The number of benzene rings is 2. The summed E-state index contributed by atoms with van der Waals surface area (Å²) in [6, 6.07) is 12.1. The Kier molecular flexibility index (Phi) is 3.77. The third-order valence-electron chi connectivity index (χ3n) is 2.62. The van der Waals surface area contributed by atoms with E-state index in [0.717, 1.165) is 23.1 Å². The highest BCUT2D eigenvalue weighted by Crippen LogP contribution is 2.29. The van der Waals surface area contributed by atoms with Crippen LogP contribution in [0, 0.1) is 5.82 Å². The molecule has 0 atom stereocenters. The third kappa shape index (κ3) is 2.84. The molecule has 0 bridgehead atoms. The second-order valence-electron chi connectivity index (χ2n) is 3.86. The van der Waals surface area contributed by atoms with E-state index >= 15 is 0 Å². The van der Waals surface area contributed by atoms with Crippen LogP contribution in [0.1, 0.15) is 5.56 Å². The van der Waals surface area contributed by atoms with Crippen LogP contribution in [0.25, 0.3) is 11.1 Å². The lowest BCUT2D eigenvalue weighted by atomic mass is 10.0. The highest BCUT2D eigenvalue weighted by Gasteiger charge is 2.05. The molecular formula is C14H13ClFN. The molecule has 0 spiro atoms. The Morgan fingerprint density at radius 3 is 2.41 bits per heavy atom. The highest BCUT2D eigenvalue weighted by atomic mass is 35.5. The van der Waals surface area contributed by atoms with Gasteiger partial charge in [0.05, 0.1) is 0 Å². The van der Waals surface area contributed by atoms with Gasteiger partial charge in [0, 0.05) is 10.6 Å². The van der Waals surface area contributed by atoms with Crippen LogP contribution in [0.4, 0.5) is 4.39 Å². The molecule has 88 valence electrons. The van der Waals surface area contributed by atoms with Crippen LogP contribution < -0.4 is 5.73 Å². The summed E-state index contributed by atoms with van der Waals surface area (Å²) in [6.07, 6.45) is 0.811. The van der Waals surface area contributed by atoms with Gasteiger partial charge in [-0.1, -0.05) is 29.8 Å². The number of rotatable bonds is 3. The summed E-state index contributed by atoms with van der Waals surface area (Å²) < 4.78 is 12.9. The number of hydrogen-bond acceptors (Lipinski definition) is 1. The molecule has 0 saturated carbocycles. The van der Waals surface area contributed by atoms with Gasteiger partial charge in [0.25, 0.3) is 0 Å². The van der Waals surface area contributed by atoms with Crippen molar-refractivity contribution in [1.82, 2.24) is 0 Å². The molecule has 0 aliphatic carbocycles. The van der Waals surface area contributed by atoms with Crippen molar-refractivity contribution in [2.75, 3.05) is 6.54 Å². The Morgan fingerprint density at radius 2 is 1.76 bits per heavy atom. The van der Waals surface area contributed by atoms with E-state index in [1.54, 1.807) is 12.1 Å². The molecule has 0 amide bonds. The van der Waals surface area contributed by atoms with Crippen molar-refractivity contribution in [3.63, 3.8) is 0 Å². The number of nitrogens with two attached hydrogens (primary N) is 1. The summed E-state index contributed by atoms with van der Waals surface area (Å²) in [5, 5.41) is 0.664. The fraction of sp³-hybridized carbons (Fsp3) is 0.143. The molecule has 0 unspecified atom stereocenters. The quantitative estimate of drug-likeness (QED) is 0.883. The van der Waals surface area contributed by atoms with E-state index < -0.39 is 0 Å². The van der Waals surface area contributed by atoms with Gasteiger partial charge >= 0.3 is 0 Å². The molecule has 0 radical (unpaired) electrons. The van der Waals surface area contributed by atoms with Gasteiger partial charge in [0.15, 0.2) is 0 Å². The largest absolute Gasteiger partial charge is 0.330 e. The Hall–Kier alpha value is -1.38.